The van der Waals surface area contributed by atoms with E-state index in [1.54, 1.807) is 0 Å². The number of ether oxygens (including phenoxy) is 1. The van der Waals surface area contributed by atoms with E-state index in [1.165, 1.54) is 12.0 Å². The van der Waals surface area contributed by atoms with Crippen molar-refractivity contribution in [2.24, 2.45) is 0 Å². The van der Waals surface area contributed by atoms with Crippen LogP contribution in [0.5, 0.6) is 0 Å². The van der Waals surface area contributed by atoms with E-state index >= 15 is 0 Å². The first-order valence-corrected chi connectivity index (χ1v) is 8.81. The van der Waals surface area contributed by atoms with Gasteiger partial charge in [-0.05, 0) is 44.0 Å². The summed E-state index contributed by atoms with van der Waals surface area (Å²) in [4.78, 5) is 2.52. The summed E-state index contributed by atoms with van der Waals surface area (Å²) >= 11 is 3.58. The van der Waals surface area contributed by atoms with E-state index in [9.17, 15) is 0 Å². The molecule has 4 heteroatoms. The molecule has 2 atom stereocenters. The second kappa shape index (κ2) is 8.89. The first-order chi connectivity index (χ1) is 10.2. The summed E-state index contributed by atoms with van der Waals surface area (Å²) in [6, 6.07) is 9.09. The summed E-state index contributed by atoms with van der Waals surface area (Å²) in [5.41, 5.74) is 1.37. The van der Waals surface area contributed by atoms with Crippen LogP contribution >= 0.6 is 15.9 Å². The van der Waals surface area contributed by atoms with E-state index < -0.39 is 0 Å². The highest BCUT2D eigenvalue weighted by Gasteiger charge is 2.18. The van der Waals surface area contributed by atoms with Crippen LogP contribution in [0.4, 0.5) is 0 Å². The fraction of sp³-hybridized carbons (Fsp3) is 0.647. The van der Waals surface area contributed by atoms with Gasteiger partial charge in [0.1, 0.15) is 0 Å². The van der Waals surface area contributed by atoms with Crippen molar-refractivity contribution >= 4 is 15.9 Å². The van der Waals surface area contributed by atoms with Gasteiger partial charge in [0.15, 0.2) is 0 Å². The highest BCUT2D eigenvalue weighted by atomic mass is 79.9. The Kier molecular flexibility index (Phi) is 7.17. The van der Waals surface area contributed by atoms with Crippen LogP contribution in [0.1, 0.15) is 38.3 Å². The van der Waals surface area contributed by atoms with E-state index in [0.717, 1.165) is 43.7 Å². The van der Waals surface area contributed by atoms with Gasteiger partial charge in [-0.25, -0.2) is 0 Å². The second-order valence-corrected chi connectivity index (χ2v) is 6.75. The number of nitrogens with one attached hydrogen (secondary N) is 1. The average Bonchev–Trinajstić information content (AvgIpc) is 2.47. The molecule has 1 aliphatic rings. The van der Waals surface area contributed by atoms with Gasteiger partial charge in [-0.15, -0.1) is 0 Å². The van der Waals surface area contributed by atoms with E-state index in [1.807, 2.05) is 0 Å². The van der Waals surface area contributed by atoms with Gasteiger partial charge in [-0.3, -0.25) is 4.90 Å². The number of halogens is 1. The molecule has 0 saturated carbocycles. The van der Waals surface area contributed by atoms with Crippen molar-refractivity contribution in [2.45, 2.75) is 38.8 Å². The van der Waals surface area contributed by atoms with Gasteiger partial charge < -0.3 is 10.1 Å². The third-order valence-electron chi connectivity index (χ3n) is 3.95. The summed E-state index contributed by atoms with van der Waals surface area (Å²) in [6.45, 7) is 9.55. The molecule has 2 unspecified atom stereocenters. The molecule has 0 radical (unpaired) electrons. The van der Waals surface area contributed by atoms with Crippen molar-refractivity contribution in [3.63, 3.8) is 0 Å². The molecular formula is C17H27BrN2O. The zero-order chi connectivity index (χ0) is 15.1. The fourth-order valence-electron chi connectivity index (χ4n) is 2.83. The van der Waals surface area contributed by atoms with Crippen LogP contribution in [0.15, 0.2) is 28.7 Å². The molecular weight excluding hydrogens is 328 g/mol. The van der Waals surface area contributed by atoms with Crippen molar-refractivity contribution < 1.29 is 4.74 Å². The van der Waals surface area contributed by atoms with Crippen molar-refractivity contribution in [1.82, 2.24) is 10.2 Å². The molecule has 1 aromatic carbocycles. The normalized spacial score (nSPS) is 21.4. The first-order valence-electron chi connectivity index (χ1n) is 8.02. The molecule has 1 N–H and O–H groups in total. The summed E-state index contributed by atoms with van der Waals surface area (Å²) in [6.07, 6.45) is 2.68. The number of hydrogen-bond donors (Lipinski definition) is 1. The van der Waals surface area contributed by atoms with E-state index in [2.05, 4.69) is 64.3 Å². The van der Waals surface area contributed by atoms with Crippen LogP contribution in [0.25, 0.3) is 0 Å². The van der Waals surface area contributed by atoms with Crippen LogP contribution in [-0.2, 0) is 4.74 Å². The molecule has 1 saturated heterocycles. The number of rotatable bonds is 7. The van der Waals surface area contributed by atoms with Crippen LogP contribution in [0, 0.1) is 0 Å². The summed E-state index contributed by atoms with van der Waals surface area (Å²) in [5.74, 6) is 0. The zero-order valence-corrected chi connectivity index (χ0v) is 14.7. The van der Waals surface area contributed by atoms with E-state index in [4.69, 9.17) is 4.74 Å². The smallest absolute Gasteiger partial charge is 0.0674 e. The molecule has 0 aliphatic carbocycles. The predicted octanol–water partition coefficient (Wildman–Crippen LogP) is 3.60. The lowest BCUT2D eigenvalue weighted by Gasteiger charge is -2.32. The Morgan fingerprint density at radius 2 is 2.33 bits per heavy atom. The molecule has 0 spiro atoms. The number of nitrogens with zero attached hydrogens (tertiary/aromatic N) is 1. The van der Waals surface area contributed by atoms with Gasteiger partial charge in [0.25, 0.3) is 0 Å². The molecule has 1 heterocycles. The topological polar surface area (TPSA) is 24.5 Å². The second-order valence-electron chi connectivity index (χ2n) is 5.83. The van der Waals surface area contributed by atoms with Crippen LogP contribution < -0.4 is 5.32 Å². The number of benzene rings is 1. The van der Waals surface area contributed by atoms with Gasteiger partial charge in [0.2, 0.25) is 0 Å². The molecule has 1 aliphatic heterocycles. The first kappa shape index (κ1) is 16.9. The Morgan fingerprint density at radius 3 is 3.05 bits per heavy atom. The van der Waals surface area contributed by atoms with Gasteiger partial charge >= 0.3 is 0 Å². The minimum Gasteiger partial charge on any atom is -0.376 e. The summed E-state index contributed by atoms with van der Waals surface area (Å²) in [5, 5.41) is 3.68. The van der Waals surface area contributed by atoms with Crippen molar-refractivity contribution in [3.8, 4) is 0 Å². The van der Waals surface area contributed by atoms with Gasteiger partial charge in [-0.1, -0.05) is 35.0 Å². The Hall–Kier alpha value is -0.420. The minimum atomic E-state index is 0.367. The molecule has 1 fully saturated rings. The maximum absolute atomic E-state index is 5.62. The van der Waals surface area contributed by atoms with E-state index in [-0.39, 0.29) is 0 Å². The Morgan fingerprint density at radius 1 is 1.48 bits per heavy atom. The fourth-order valence-corrected chi connectivity index (χ4v) is 3.25. The maximum Gasteiger partial charge on any atom is 0.0674 e. The monoisotopic (exact) mass is 354 g/mol. The molecule has 2 rings (SSSR count). The lowest BCUT2D eigenvalue weighted by Crippen LogP contribution is -2.42. The maximum atomic E-state index is 5.62. The predicted molar refractivity (Wildman–Crippen MR) is 91.6 cm³/mol. The van der Waals surface area contributed by atoms with Gasteiger partial charge in [-0.2, -0.15) is 0 Å². The Labute approximate surface area is 137 Å². The molecule has 118 valence electrons. The largest absolute Gasteiger partial charge is 0.376 e. The quantitative estimate of drug-likeness (QED) is 0.809. The van der Waals surface area contributed by atoms with Gasteiger partial charge in [0.05, 0.1) is 12.7 Å². The molecule has 0 amide bonds. The third kappa shape index (κ3) is 5.70. The number of hydrogen-bond acceptors (Lipinski definition) is 3. The lowest BCUT2D eigenvalue weighted by molar-refractivity contribution is -0.0192. The highest BCUT2D eigenvalue weighted by molar-refractivity contribution is 9.10. The minimum absolute atomic E-state index is 0.367. The lowest BCUT2D eigenvalue weighted by atomic mass is 10.0. The number of morpholine rings is 1. The van der Waals surface area contributed by atoms with Crippen LogP contribution in [-0.4, -0.2) is 43.8 Å². The van der Waals surface area contributed by atoms with Crippen molar-refractivity contribution in [2.75, 3.05) is 32.8 Å². The zero-order valence-electron chi connectivity index (χ0n) is 13.1. The highest BCUT2D eigenvalue weighted by Crippen LogP contribution is 2.21. The summed E-state index contributed by atoms with van der Waals surface area (Å²) in [7, 11) is 0. The molecule has 1 aromatic rings. The molecule has 0 bridgehead atoms. The SMILES string of the molecule is CCCNC(CCN1CCOC(C)C1)c1cccc(Br)c1. The Bertz CT molecular complexity index is 427. The molecule has 3 nitrogen and oxygen atoms in total. The third-order valence-corrected chi connectivity index (χ3v) is 4.44. The van der Waals surface area contributed by atoms with E-state index in [0.29, 0.717) is 12.1 Å². The van der Waals surface area contributed by atoms with Crippen molar-refractivity contribution in [3.05, 3.63) is 34.3 Å². The standard InChI is InChI=1S/C17H27BrN2O/c1-3-8-19-17(15-5-4-6-16(18)12-15)7-9-20-10-11-21-14(2)13-20/h4-6,12,14,17,19H,3,7-11,13H2,1-2H3. The average molecular weight is 355 g/mol. The molecule has 21 heavy (non-hydrogen) atoms. The van der Waals surface area contributed by atoms with Gasteiger partial charge in [0, 0.05) is 30.1 Å². The van der Waals surface area contributed by atoms with Crippen LogP contribution in [0.2, 0.25) is 0 Å². The summed E-state index contributed by atoms with van der Waals surface area (Å²) < 4.78 is 6.77. The molecule has 0 aromatic heterocycles. The van der Waals surface area contributed by atoms with Crippen LogP contribution in [0.3, 0.4) is 0 Å². The van der Waals surface area contributed by atoms with Crippen molar-refractivity contribution in [1.29, 1.82) is 0 Å². The Balaban J connectivity index is 1.92.